The van der Waals surface area contributed by atoms with E-state index in [2.05, 4.69) is 70.6 Å². The second-order valence-electron chi connectivity index (χ2n) is 6.25. The lowest BCUT2D eigenvalue weighted by molar-refractivity contribution is 1.16. The summed E-state index contributed by atoms with van der Waals surface area (Å²) in [4.78, 5) is 2.99. The summed E-state index contributed by atoms with van der Waals surface area (Å²) in [6.07, 6.45) is 7.18. The van der Waals surface area contributed by atoms with Crippen LogP contribution in [-0.2, 0) is 0 Å². The minimum Gasteiger partial charge on any atom is -0.106 e. The van der Waals surface area contributed by atoms with Crippen molar-refractivity contribution in [1.29, 1.82) is 0 Å². The second kappa shape index (κ2) is 4.47. The summed E-state index contributed by atoms with van der Waals surface area (Å²) < 4.78 is 1.25. The van der Waals surface area contributed by atoms with Gasteiger partial charge in [0.2, 0.25) is 0 Å². The molecule has 2 unspecified atom stereocenters. The predicted octanol–water partition coefficient (Wildman–Crippen LogP) is 2.77. The van der Waals surface area contributed by atoms with Gasteiger partial charge in [-0.2, -0.15) is 0 Å². The van der Waals surface area contributed by atoms with Crippen molar-refractivity contribution in [2.45, 2.75) is 16.1 Å². The maximum absolute atomic E-state index is 3.66. The molecule has 6 rings (SSSR count). The molecule has 2 atom stereocenters. The molecule has 0 bridgehead atoms. The summed E-state index contributed by atoms with van der Waals surface area (Å²) in [5.74, 6) is 0.428. The van der Waals surface area contributed by atoms with Crippen molar-refractivity contribution in [3.63, 3.8) is 0 Å². The largest absolute Gasteiger partial charge is 0.106 e. The van der Waals surface area contributed by atoms with E-state index in [0.29, 0.717) is 11.2 Å². The Morgan fingerprint density at radius 1 is 0.913 bits per heavy atom. The van der Waals surface area contributed by atoms with Crippen LogP contribution in [0.4, 0.5) is 0 Å². The molecule has 23 heavy (non-hydrogen) atoms. The molecule has 2 aromatic carbocycles. The van der Waals surface area contributed by atoms with Gasteiger partial charge in [0.25, 0.3) is 0 Å². The maximum Gasteiger partial charge on any atom is 0.0545 e. The first-order valence-corrected chi connectivity index (χ1v) is 10.2. The van der Waals surface area contributed by atoms with Gasteiger partial charge in [-0.05, 0) is 54.9 Å². The Labute approximate surface area is 150 Å². The molecule has 0 amide bonds. The van der Waals surface area contributed by atoms with E-state index in [0.717, 1.165) is 0 Å². The van der Waals surface area contributed by atoms with E-state index >= 15 is 0 Å². The predicted molar refractivity (Wildman–Crippen MR) is 104 cm³/mol. The zero-order valence-electron chi connectivity index (χ0n) is 12.0. The van der Waals surface area contributed by atoms with Crippen LogP contribution in [-0.4, -0.2) is 5.25 Å². The topological polar surface area (TPSA) is 0 Å². The molecule has 0 N–H and O–H groups in total. The lowest BCUT2D eigenvalue weighted by Gasteiger charge is -2.21. The summed E-state index contributed by atoms with van der Waals surface area (Å²) in [7, 11) is 0. The summed E-state index contributed by atoms with van der Waals surface area (Å²) >= 11 is 7.53. The molecule has 2 aromatic rings. The fraction of sp³-hybridized carbons (Fsp3) is 0.100. The fourth-order valence-corrected chi connectivity index (χ4v) is 7.14. The Morgan fingerprint density at radius 3 is 2.61 bits per heavy atom. The Hall–Kier alpha value is -1.16. The first-order valence-electron chi connectivity index (χ1n) is 7.71. The number of halogens is 1. The monoisotopic (exact) mass is 394 g/mol. The van der Waals surface area contributed by atoms with Crippen molar-refractivity contribution in [3.05, 3.63) is 72.7 Å². The molecule has 3 heteroatoms. The lowest BCUT2D eigenvalue weighted by Crippen LogP contribution is -2.31. The zero-order chi connectivity index (χ0) is 15.1. The highest BCUT2D eigenvalue weighted by Gasteiger charge is 2.32. The molecule has 0 saturated carbocycles. The van der Waals surface area contributed by atoms with E-state index in [-0.39, 0.29) is 0 Å². The molecule has 4 aliphatic rings. The van der Waals surface area contributed by atoms with Crippen molar-refractivity contribution in [2.24, 2.45) is 0 Å². The molecular weight excluding hydrogens is 384 g/mol. The molecular formula is C20H11BrS2. The van der Waals surface area contributed by atoms with Gasteiger partial charge in [0.05, 0.1) is 9.06 Å². The van der Waals surface area contributed by atoms with Crippen LogP contribution in [0.1, 0.15) is 11.5 Å². The molecule has 0 nitrogen and oxygen atoms in total. The van der Waals surface area contributed by atoms with Crippen LogP contribution < -0.4 is 20.9 Å². The highest BCUT2D eigenvalue weighted by atomic mass is 79.9. The van der Waals surface area contributed by atoms with Gasteiger partial charge in [0.1, 0.15) is 0 Å². The Bertz CT molecular complexity index is 1190. The SMILES string of the molecule is BrC1=CC2=c3c(C4C=c5cccc6c5=C4S6)cccc3=CC2S1. The van der Waals surface area contributed by atoms with Crippen molar-refractivity contribution in [1.82, 2.24) is 0 Å². The molecule has 2 aliphatic heterocycles. The van der Waals surface area contributed by atoms with E-state index < -0.39 is 0 Å². The Morgan fingerprint density at radius 2 is 1.74 bits per heavy atom. The van der Waals surface area contributed by atoms with Crippen LogP contribution in [0.5, 0.6) is 0 Å². The van der Waals surface area contributed by atoms with Crippen LogP contribution in [0.3, 0.4) is 0 Å². The smallest absolute Gasteiger partial charge is 0.0545 e. The van der Waals surface area contributed by atoms with Gasteiger partial charge in [-0.1, -0.05) is 54.2 Å². The first kappa shape index (κ1) is 13.2. The molecule has 0 radical (unpaired) electrons. The van der Waals surface area contributed by atoms with Gasteiger partial charge in [-0.25, -0.2) is 0 Å². The normalized spacial score (nSPS) is 25.2. The standard InChI is InChI=1S/C20H11BrS2/c21-17-9-14-16(22-17)8-11-3-1-5-12(18(11)14)13-7-10-4-2-6-15-19(10)20(13)23-15/h1-9,13,16H. The van der Waals surface area contributed by atoms with Crippen LogP contribution in [0.15, 0.2) is 51.2 Å². The Kier molecular flexibility index (Phi) is 2.56. The van der Waals surface area contributed by atoms with Gasteiger partial charge < -0.3 is 0 Å². The summed E-state index contributed by atoms with van der Waals surface area (Å²) in [6, 6.07) is 13.5. The molecule has 2 heterocycles. The Balaban J connectivity index is 1.68. The lowest BCUT2D eigenvalue weighted by atomic mass is 9.95. The van der Waals surface area contributed by atoms with Crippen molar-refractivity contribution >= 4 is 62.1 Å². The number of hydrogen-bond donors (Lipinski definition) is 0. The molecule has 0 spiro atoms. The number of thioether (sulfide) groups is 2. The van der Waals surface area contributed by atoms with E-state index in [1.165, 1.54) is 40.7 Å². The average molecular weight is 395 g/mol. The molecule has 0 saturated heterocycles. The third-order valence-corrected chi connectivity index (χ3v) is 8.07. The molecule has 110 valence electrons. The van der Waals surface area contributed by atoms with E-state index in [9.17, 15) is 0 Å². The van der Waals surface area contributed by atoms with Crippen molar-refractivity contribution < 1.29 is 0 Å². The summed E-state index contributed by atoms with van der Waals surface area (Å²) in [5, 5.41) is 6.27. The minimum absolute atomic E-state index is 0.428. The third kappa shape index (κ3) is 1.66. The van der Waals surface area contributed by atoms with Gasteiger partial charge in [0, 0.05) is 20.9 Å². The number of allylic oxidation sites excluding steroid dienone is 1. The number of hydrogen-bond acceptors (Lipinski definition) is 2. The highest BCUT2D eigenvalue weighted by molar-refractivity contribution is 9.14. The van der Waals surface area contributed by atoms with Crippen LogP contribution in [0.2, 0.25) is 0 Å². The third-order valence-electron chi connectivity index (χ3n) is 5.05. The number of fused-ring (bicyclic) bond motifs is 2. The second-order valence-corrected chi connectivity index (χ2v) is 9.90. The maximum atomic E-state index is 3.66. The zero-order valence-corrected chi connectivity index (χ0v) is 15.3. The summed E-state index contributed by atoms with van der Waals surface area (Å²) in [6.45, 7) is 0. The minimum atomic E-state index is 0.428. The quantitative estimate of drug-likeness (QED) is 0.729. The van der Waals surface area contributed by atoms with Crippen molar-refractivity contribution in [3.8, 4) is 0 Å². The van der Waals surface area contributed by atoms with Gasteiger partial charge in [0.15, 0.2) is 0 Å². The van der Waals surface area contributed by atoms with Gasteiger partial charge in [-0.15, -0.1) is 11.8 Å². The van der Waals surface area contributed by atoms with Gasteiger partial charge in [-0.3, -0.25) is 0 Å². The molecule has 2 aliphatic carbocycles. The highest BCUT2D eigenvalue weighted by Crippen LogP contribution is 2.45. The van der Waals surface area contributed by atoms with Crippen LogP contribution in [0.25, 0.3) is 22.6 Å². The molecule has 0 fully saturated rings. The van der Waals surface area contributed by atoms with E-state index in [1.54, 1.807) is 4.91 Å². The van der Waals surface area contributed by atoms with Crippen LogP contribution >= 0.6 is 39.5 Å². The van der Waals surface area contributed by atoms with E-state index in [1.807, 2.05) is 23.5 Å². The number of benzene rings is 2. The fourth-order valence-electron chi connectivity index (χ4n) is 4.11. The molecule has 0 aromatic heterocycles. The average Bonchev–Trinajstić information content (AvgIpc) is 3.13. The van der Waals surface area contributed by atoms with Gasteiger partial charge >= 0.3 is 0 Å². The first-order chi connectivity index (χ1) is 11.3. The number of rotatable bonds is 1. The van der Waals surface area contributed by atoms with E-state index in [4.69, 9.17) is 0 Å². The summed E-state index contributed by atoms with van der Waals surface area (Å²) in [5.41, 5.74) is 2.95. The van der Waals surface area contributed by atoms with Crippen LogP contribution in [0, 0.1) is 0 Å². The van der Waals surface area contributed by atoms with Crippen molar-refractivity contribution in [2.75, 3.05) is 0 Å².